The molecule has 1 heterocycles. The van der Waals surface area contributed by atoms with E-state index in [9.17, 15) is 18.0 Å². The average Bonchev–Trinajstić information content (AvgIpc) is 3.24. The largest absolute Gasteiger partial charge is 0.348 e. The van der Waals surface area contributed by atoms with Crippen LogP contribution in [0.15, 0.2) is 77.7 Å². The molecule has 0 spiro atoms. The van der Waals surface area contributed by atoms with Gasteiger partial charge in [-0.1, -0.05) is 42.0 Å². The summed E-state index contributed by atoms with van der Waals surface area (Å²) in [4.78, 5) is 26.4. The molecule has 2 amide bonds. The van der Waals surface area contributed by atoms with Gasteiger partial charge in [0, 0.05) is 25.2 Å². The number of carbonyl (C=O) groups excluding carboxylic acids is 2. The Morgan fingerprint density at radius 3 is 2.33 bits per heavy atom. The van der Waals surface area contributed by atoms with E-state index in [1.807, 2.05) is 31.2 Å². The summed E-state index contributed by atoms with van der Waals surface area (Å²) in [6, 6.07) is 20.4. The number of hydrogen-bond acceptors (Lipinski definition) is 4. The fourth-order valence-electron chi connectivity index (χ4n) is 3.68. The van der Waals surface area contributed by atoms with Crippen molar-refractivity contribution in [2.75, 3.05) is 16.2 Å². The van der Waals surface area contributed by atoms with E-state index in [2.05, 4.69) is 10.0 Å². The Balaban J connectivity index is 1.48. The molecule has 2 N–H and O–H groups in total. The van der Waals surface area contributed by atoms with Crippen LogP contribution in [0.2, 0.25) is 0 Å². The van der Waals surface area contributed by atoms with Gasteiger partial charge in [0.1, 0.15) is 0 Å². The van der Waals surface area contributed by atoms with Crippen molar-refractivity contribution in [3.63, 3.8) is 0 Å². The summed E-state index contributed by atoms with van der Waals surface area (Å²) in [5.74, 6) is -0.342. The molecule has 0 aliphatic carbocycles. The Kier molecular flexibility index (Phi) is 6.46. The number of anilines is 2. The number of sulfonamides is 1. The van der Waals surface area contributed by atoms with Gasteiger partial charge in [0.15, 0.2) is 0 Å². The molecule has 1 saturated heterocycles. The zero-order valence-electron chi connectivity index (χ0n) is 18.2. The highest BCUT2D eigenvalue weighted by Gasteiger charge is 2.23. The monoisotopic (exact) mass is 463 g/mol. The van der Waals surface area contributed by atoms with Crippen LogP contribution < -0.4 is 14.9 Å². The number of amides is 2. The molecular weight excluding hydrogens is 438 g/mol. The molecule has 4 rings (SSSR count). The summed E-state index contributed by atoms with van der Waals surface area (Å²) in [5, 5.41) is 2.83. The van der Waals surface area contributed by atoms with E-state index < -0.39 is 10.0 Å². The summed E-state index contributed by atoms with van der Waals surface area (Å²) < 4.78 is 28.4. The molecule has 7 nitrogen and oxygen atoms in total. The Morgan fingerprint density at radius 1 is 0.970 bits per heavy atom. The standard InChI is InChI=1S/C25H25N3O4S/c1-18-8-10-19(11-9-18)17-26-25(30)22-5-2-3-6-23(22)27-33(31,32)21-14-12-20(13-15-21)28-16-4-7-24(28)29/h2-3,5-6,8-15,27H,4,7,16-17H2,1H3,(H,26,30). The Bertz CT molecular complexity index is 1270. The minimum Gasteiger partial charge on any atom is -0.348 e. The first kappa shape index (κ1) is 22.5. The first-order valence-corrected chi connectivity index (χ1v) is 12.2. The van der Waals surface area contributed by atoms with Crippen LogP contribution in [0.3, 0.4) is 0 Å². The van der Waals surface area contributed by atoms with Gasteiger partial charge >= 0.3 is 0 Å². The fourth-order valence-corrected chi connectivity index (χ4v) is 4.76. The first-order valence-electron chi connectivity index (χ1n) is 10.7. The van der Waals surface area contributed by atoms with Gasteiger partial charge in [0.2, 0.25) is 5.91 Å². The molecule has 0 unspecified atom stereocenters. The number of para-hydroxylation sites is 1. The third-order valence-corrected chi connectivity index (χ3v) is 6.90. The molecule has 8 heteroatoms. The fraction of sp³-hybridized carbons (Fsp3) is 0.200. The van der Waals surface area contributed by atoms with Crippen LogP contribution in [-0.4, -0.2) is 26.8 Å². The van der Waals surface area contributed by atoms with Gasteiger partial charge in [-0.2, -0.15) is 0 Å². The molecular formula is C25H25N3O4S. The number of rotatable bonds is 7. The molecule has 0 radical (unpaired) electrons. The molecule has 3 aromatic carbocycles. The van der Waals surface area contributed by atoms with Gasteiger partial charge in [0.05, 0.1) is 16.1 Å². The minimum atomic E-state index is -3.93. The van der Waals surface area contributed by atoms with E-state index in [1.54, 1.807) is 41.3 Å². The molecule has 170 valence electrons. The highest BCUT2D eigenvalue weighted by atomic mass is 32.2. The number of carbonyl (C=O) groups is 2. The molecule has 1 fully saturated rings. The highest BCUT2D eigenvalue weighted by molar-refractivity contribution is 7.92. The van der Waals surface area contributed by atoms with Crippen LogP contribution in [0.4, 0.5) is 11.4 Å². The zero-order chi connectivity index (χ0) is 23.4. The van der Waals surface area contributed by atoms with E-state index in [4.69, 9.17) is 0 Å². The van der Waals surface area contributed by atoms with E-state index in [0.717, 1.165) is 17.5 Å². The van der Waals surface area contributed by atoms with Gasteiger partial charge in [-0.05, 0) is 55.3 Å². The van der Waals surface area contributed by atoms with E-state index in [1.165, 1.54) is 12.1 Å². The minimum absolute atomic E-state index is 0.0364. The molecule has 0 aromatic heterocycles. The van der Waals surface area contributed by atoms with Crippen molar-refractivity contribution in [1.29, 1.82) is 0 Å². The quantitative estimate of drug-likeness (QED) is 0.556. The number of nitrogens with one attached hydrogen (secondary N) is 2. The normalized spacial score (nSPS) is 13.7. The summed E-state index contributed by atoms with van der Waals surface area (Å²) in [7, 11) is -3.93. The molecule has 1 aliphatic rings. The lowest BCUT2D eigenvalue weighted by Gasteiger charge is -2.16. The second-order valence-corrected chi connectivity index (χ2v) is 9.64. The molecule has 3 aromatic rings. The van der Waals surface area contributed by atoms with Crippen LogP contribution in [0.5, 0.6) is 0 Å². The van der Waals surface area contributed by atoms with E-state index >= 15 is 0 Å². The predicted octanol–water partition coefficient (Wildman–Crippen LogP) is 3.85. The maximum absolute atomic E-state index is 13.0. The second-order valence-electron chi connectivity index (χ2n) is 7.96. The van der Waals surface area contributed by atoms with Gasteiger partial charge in [0.25, 0.3) is 15.9 Å². The predicted molar refractivity (Wildman–Crippen MR) is 128 cm³/mol. The lowest BCUT2D eigenvalue weighted by Crippen LogP contribution is -2.25. The third kappa shape index (κ3) is 5.23. The smallest absolute Gasteiger partial charge is 0.261 e. The molecule has 33 heavy (non-hydrogen) atoms. The summed E-state index contributed by atoms with van der Waals surface area (Å²) >= 11 is 0. The maximum atomic E-state index is 13.0. The third-order valence-electron chi connectivity index (χ3n) is 5.52. The van der Waals surface area contributed by atoms with Crippen molar-refractivity contribution in [1.82, 2.24) is 5.32 Å². The lowest BCUT2D eigenvalue weighted by atomic mass is 10.1. The van der Waals surface area contributed by atoms with Crippen molar-refractivity contribution in [3.05, 3.63) is 89.5 Å². The SMILES string of the molecule is Cc1ccc(CNC(=O)c2ccccc2NS(=O)(=O)c2ccc(N3CCCC3=O)cc2)cc1. The average molecular weight is 464 g/mol. The van der Waals surface area contributed by atoms with E-state index in [0.29, 0.717) is 25.2 Å². The van der Waals surface area contributed by atoms with Crippen molar-refractivity contribution >= 4 is 33.2 Å². The Labute approximate surface area is 193 Å². The van der Waals surface area contributed by atoms with Crippen LogP contribution in [0, 0.1) is 6.92 Å². The van der Waals surface area contributed by atoms with Crippen molar-refractivity contribution < 1.29 is 18.0 Å². The van der Waals surface area contributed by atoms with Gasteiger partial charge in [-0.3, -0.25) is 14.3 Å². The summed E-state index contributed by atoms with van der Waals surface area (Å²) in [6.45, 7) is 2.95. The molecule has 1 aliphatic heterocycles. The zero-order valence-corrected chi connectivity index (χ0v) is 19.1. The van der Waals surface area contributed by atoms with Crippen LogP contribution in [-0.2, 0) is 21.4 Å². The van der Waals surface area contributed by atoms with Gasteiger partial charge < -0.3 is 10.2 Å². The summed E-state index contributed by atoms with van der Waals surface area (Å²) in [6.07, 6.45) is 1.30. The Morgan fingerprint density at radius 2 is 1.67 bits per heavy atom. The van der Waals surface area contributed by atoms with Crippen LogP contribution in [0.25, 0.3) is 0 Å². The number of nitrogens with zero attached hydrogens (tertiary/aromatic N) is 1. The summed E-state index contributed by atoms with van der Waals surface area (Å²) in [5.41, 5.74) is 3.17. The van der Waals surface area contributed by atoms with Gasteiger partial charge in [-0.15, -0.1) is 0 Å². The second kappa shape index (κ2) is 9.46. The molecule has 0 bridgehead atoms. The Hall–Kier alpha value is -3.65. The van der Waals surface area contributed by atoms with Crippen molar-refractivity contribution in [2.45, 2.75) is 31.2 Å². The molecule has 0 atom stereocenters. The topological polar surface area (TPSA) is 95.6 Å². The van der Waals surface area contributed by atoms with Crippen molar-refractivity contribution in [3.8, 4) is 0 Å². The lowest BCUT2D eigenvalue weighted by molar-refractivity contribution is -0.117. The highest BCUT2D eigenvalue weighted by Crippen LogP contribution is 2.25. The number of hydrogen-bond donors (Lipinski definition) is 2. The number of benzene rings is 3. The van der Waals surface area contributed by atoms with Gasteiger partial charge in [-0.25, -0.2) is 8.42 Å². The van der Waals surface area contributed by atoms with Crippen LogP contribution in [0.1, 0.15) is 34.3 Å². The number of aryl methyl sites for hydroxylation is 1. The first-order chi connectivity index (χ1) is 15.8. The van der Waals surface area contributed by atoms with Crippen molar-refractivity contribution in [2.24, 2.45) is 0 Å². The maximum Gasteiger partial charge on any atom is 0.261 e. The van der Waals surface area contributed by atoms with Crippen LogP contribution >= 0.6 is 0 Å². The molecule has 0 saturated carbocycles. The van der Waals surface area contributed by atoms with E-state index in [-0.39, 0.29) is 28.0 Å².